The molecule has 0 aliphatic carbocycles. The van der Waals surface area contributed by atoms with Gasteiger partial charge in [-0.05, 0) is 24.4 Å². The molecule has 0 spiro atoms. The van der Waals surface area contributed by atoms with Crippen LogP contribution in [0.2, 0.25) is 0 Å². The van der Waals surface area contributed by atoms with Crippen LogP contribution in [0.5, 0.6) is 0 Å². The van der Waals surface area contributed by atoms with Gasteiger partial charge in [-0.2, -0.15) is 0 Å². The van der Waals surface area contributed by atoms with E-state index < -0.39 is 0 Å². The van der Waals surface area contributed by atoms with E-state index in [4.69, 9.17) is 5.73 Å². The fraction of sp³-hybridized carbons (Fsp3) is 0.462. The molecule has 2 aromatic heterocycles. The molecule has 0 unspecified atom stereocenters. The lowest BCUT2D eigenvalue weighted by Gasteiger charge is -2.27. The molecule has 1 amide bonds. The topological polar surface area (TPSA) is 118 Å². The second-order valence-corrected chi connectivity index (χ2v) is 5.91. The third-order valence-electron chi connectivity index (χ3n) is 3.62. The van der Waals surface area contributed by atoms with Crippen molar-refractivity contribution >= 4 is 23.4 Å². The second-order valence-electron chi connectivity index (χ2n) is 5.15. The summed E-state index contributed by atoms with van der Waals surface area (Å²) in [5.41, 5.74) is 7.26. The number of hydrogen-bond acceptors (Lipinski definition) is 7. The number of anilines is 1. The zero-order chi connectivity index (χ0) is 15.7. The maximum Gasteiger partial charge on any atom is 0.267 e. The van der Waals surface area contributed by atoms with Gasteiger partial charge in [-0.1, -0.05) is 17.8 Å². The smallest absolute Gasteiger partial charge is 0.267 e. The number of hydrogen-bond donors (Lipinski definition) is 2. The molecule has 0 radical (unpaired) electrons. The standard InChI is InChI=1S/C13H16N6O2S/c1-2-3-8-10(22-18-17-8)12(21)19-5-4-7-9(6-19)15-13(14)16-11(7)20/h2-6H2,1H3,(H3,14,15,16,20). The largest absolute Gasteiger partial charge is 0.369 e. The summed E-state index contributed by atoms with van der Waals surface area (Å²) in [4.78, 5) is 33.4. The first kappa shape index (κ1) is 14.6. The van der Waals surface area contributed by atoms with Crippen LogP contribution in [-0.4, -0.2) is 36.9 Å². The highest BCUT2D eigenvalue weighted by Crippen LogP contribution is 2.20. The van der Waals surface area contributed by atoms with Gasteiger partial charge in [0, 0.05) is 12.1 Å². The number of amides is 1. The number of fused-ring (bicyclic) bond motifs is 1. The minimum Gasteiger partial charge on any atom is -0.369 e. The Hall–Kier alpha value is -2.29. The van der Waals surface area contributed by atoms with E-state index in [0.717, 1.165) is 30.1 Å². The zero-order valence-electron chi connectivity index (χ0n) is 12.1. The number of carbonyl (C=O) groups is 1. The molecule has 22 heavy (non-hydrogen) atoms. The van der Waals surface area contributed by atoms with Crippen molar-refractivity contribution in [3.63, 3.8) is 0 Å². The number of carbonyl (C=O) groups excluding carboxylic acids is 1. The van der Waals surface area contributed by atoms with Crippen LogP contribution in [0.25, 0.3) is 0 Å². The maximum absolute atomic E-state index is 12.6. The van der Waals surface area contributed by atoms with Crippen LogP contribution < -0.4 is 11.3 Å². The fourth-order valence-electron chi connectivity index (χ4n) is 2.55. The maximum atomic E-state index is 12.6. The normalized spacial score (nSPS) is 14.0. The van der Waals surface area contributed by atoms with Crippen LogP contribution in [0.1, 0.15) is 40.0 Å². The molecular weight excluding hydrogens is 304 g/mol. The van der Waals surface area contributed by atoms with Gasteiger partial charge in [0.05, 0.1) is 17.9 Å². The molecule has 1 aliphatic heterocycles. The quantitative estimate of drug-likeness (QED) is 0.843. The number of nitrogens with zero attached hydrogens (tertiary/aromatic N) is 4. The molecule has 3 rings (SSSR count). The van der Waals surface area contributed by atoms with Gasteiger partial charge in [0.25, 0.3) is 11.5 Å². The Morgan fingerprint density at radius 1 is 1.50 bits per heavy atom. The highest BCUT2D eigenvalue weighted by molar-refractivity contribution is 7.08. The van der Waals surface area contributed by atoms with E-state index in [1.54, 1.807) is 4.90 Å². The molecule has 1 aliphatic rings. The van der Waals surface area contributed by atoms with Crippen molar-refractivity contribution in [2.45, 2.75) is 32.7 Å². The van der Waals surface area contributed by atoms with E-state index in [0.29, 0.717) is 29.1 Å². The van der Waals surface area contributed by atoms with Gasteiger partial charge in [0.2, 0.25) is 5.95 Å². The first-order valence-electron chi connectivity index (χ1n) is 7.08. The van der Waals surface area contributed by atoms with Gasteiger partial charge in [-0.3, -0.25) is 14.6 Å². The van der Waals surface area contributed by atoms with Gasteiger partial charge >= 0.3 is 0 Å². The van der Waals surface area contributed by atoms with Crippen LogP contribution in [0.3, 0.4) is 0 Å². The Morgan fingerprint density at radius 3 is 3.09 bits per heavy atom. The predicted octanol–water partition coefficient (Wildman–Crippen LogP) is 0.355. The number of aryl methyl sites for hydroxylation is 1. The third-order valence-corrected chi connectivity index (χ3v) is 4.37. The van der Waals surface area contributed by atoms with Crippen LogP contribution in [-0.2, 0) is 19.4 Å². The predicted molar refractivity (Wildman–Crippen MR) is 81.6 cm³/mol. The average molecular weight is 320 g/mol. The van der Waals surface area contributed by atoms with Crippen molar-refractivity contribution in [1.29, 1.82) is 0 Å². The summed E-state index contributed by atoms with van der Waals surface area (Å²) < 4.78 is 3.88. The van der Waals surface area contributed by atoms with E-state index in [9.17, 15) is 9.59 Å². The summed E-state index contributed by atoms with van der Waals surface area (Å²) in [6.45, 7) is 2.79. The van der Waals surface area contributed by atoms with Crippen LogP contribution in [0, 0.1) is 0 Å². The first-order chi connectivity index (χ1) is 10.6. The molecule has 116 valence electrons. The summed E-state index contributed by atoms with van der Waals surface area (Å²) in [5.74, 6) is -0.0334. The number of nitrogens with one attached hydrogen (secondary N) is 1. The average Bonchev–Trinajstić information content (AvgIpc) is 2.94. The number of nitrogen functional groups attached to an aromatic ring is 1. The molecule has 0 saturated heterocycles. The summed E-state index contributed by atoms with van der Waals surface area (Å²) in [6, 6.07) is 0. The summed E-state index contributed by atoms with van der Waals surface area (Å²) >= 11 is 1.11. The molecule has 0 bridgehead atoms. The van der Waals surface area contributed by atoms with Crippen LogP contribution >= 0.6 is 11.5 Å². The van der Waals surface area contributed by atoms with Gasteiger partial charge in [-0.25, -0.2) is 4.98 Å². The number of aromatic amines is 1. The summed E-state index contributed by atoms with van der Waals surface area (Å²) in [6.07, 6.45) is 2.11. The molecular formula is C13H16N6O2S. The third kappa shape index (κ3) is 2.59. The van der Waals surface area contributed by atoms with Crippen LogP contribution in [0.15, 0.2) is 4.79 Å². The number of nitrogens with two attached hydrogens (primary N) is 1. The lowest BCUT2D eigenvalue weighted by molar-refractivity contribution is 0.0735. The van der Waals surface area contributed by atoms with Crippen molar-refractivity contribution in [2.24, 2.45) is 0 Å². The molecule has 2 aromatic rings. The lowest BCUT2D eigenvalue weighted by Crippen LogP contribution is -2.39. The molecule has 0 atom stereocenters. The van der Waals surface area contributed by atoms with Gasteiger partial charge in [0.15, 0.2) is 0 Å². The first-order valence-corrected chi connectivity index (χ1v) is 7.85. The molecule has 0 saturated carbocycles. The Kier molecular flexibility index (Phi) is 3.88. The van der Waals surface area contributed by atoms with E-state index in [2.05, 4.69) is 19.6 Å². The number of rotatable bonds is 3. The van der Waals surface area contributed by atoms with E-state index >= 15 is 0 Å². The lowest BCUT2D eigenvalue weighted by atomic mass is 10.1. The van der Waals surface area contributed by atoms with Crippen molar-refractivity contribution in [2.75, 3.05) is 12.3 Å². The molecule has 8 nitrogen and oxygen atoms in total. The Balaban J connectivity index is 1.86. The highest BCUT2D eigenvalue weighted by Gasteiger charge is 2.27. The Labute approximate surface area is 130 Å². The molecule has 0 aromatic carbocycles. The number of aromatic nitrogens is 4. The van der Waals surface area contributed by atoms with Gasteiger partial charge < -0.3 is 10.6 Å². The minimum absolute atomic E-state index is 0.0733. The number of H-pyrrole nitrogens is 1. The Bertz CT molecular complexity index is 768. The minimum atomic E-state index is -0.222. The SMILES string of the molecule is CCCc1nnsc1C(=O)N1CCc2c(nc(N)[nH]c2=O)C1. The van der Waals surface area contributed by atoms with Crippen molar-refractivity contribution in [3.05, 3.63) is 32.2 Å². The highest BCUT2D eigenvalue weighted by atomic mass is 32.1. The molecule has 9 heteroatoms. The second kappa shape index (κ2) is 5.84. The van der Waals surface area contributed by atoms with E-state index in [1.807, 2.05) is 6.92 Å². The van der Waals surface area contributed by atoms with Gasteiger partial charge in [0.1, 0.15) is 4.88 Å². The van der Waals surface area contributed by atoms with Crippen molar-refractivity contribution < 1.29 is 4.79 Å². The van der Waals surface area contributed by atoms with Crippen LogP contribution in [0.4, 0.5) is 5.95 Å². The zero-order valence-corrected chi connectivity index (χ0v) is 12.9. The molecule has 0 fully saturated rings. The van der Waals surface area contributed by atoms with Crippen molar-refractivity contribution in [3.8, 4) is 0 Å². The molecule has 3 heterocycles. The monoisotopic (exact) mass is 320 g/mol. The van der Waals surface area contributed by atoms with E-state index in [-0.39, 0.29) is 24.0 Å². The Morgan fingerprint density at radius 2 is 2.32 bits per heavy atom. The molecule has 3 N–H and O–H groups in total. The van der Waals surface area contributed by atoms with Crippen molar-refractivity contribution in [1.82, 2.24) is 24.5 Å². The summed E-state index contributed by atoms with van der Waals surface area (Å²) in [7, 11) is 0. The summed E-state index contributed by atoms with van der Waals surface area (Å²) in [5, 5.41) is 4.02. The fourth-order valence-corrected chi connectivity index (χ4v) is 3.22. The van der Waals surface area contributed by atoms with Gasteiger partial charge in [-0.15, -0.1) is 5.10 Å². The van der Waals surface area contributed by atoms with E-state index in [1.165, 1.54) is 0 Å².